The highest BCUT2D eigenvalue weighted by atomic mass is 16.5. The number of amides is 1. The second-order valence-corrected chi connectivity index (χ2v) is 5.78. The third-order valence-electron chi connectivity index (χ3n) is 3.58. The van der Waals surface area contributed by atoms with Gasteiger partial charge in [-0.25, -0.2) is 4.68 Å². The number of rotatable bonds is 8. The molecular weight excluding hydrogens is 306 g/mol. The summed E-state index contributed by atoms with van der Waals surface area (Å²) in [7, 11) is 1.57. The van der Waals surface area contributed by atoms with Crippen LogP contribution < -0.4 is 14.8 Å². The number of aromatic nitrogens is 2. The van der Waals surface area contributed by atoms with Crippen molar-refractivity contribution in [2.45, 2.75) is 39.7 Å². The second-order valence-electron chi connectivity index (χ2n) is 5.78. The maximum atomic E-state index is 12.5. The van der Waals surface area contributed by atoms with Crippen molar-refractivity contribution in [2.75, 3.05) is 19.0 Å². The quantitative estimate of drug-likeness (QED) is 0.745. The van der Waals surface area contributed by atoms with Crippen LogP contribution in [0.3, 0.4) is 0 Å². The minimum absolute atomic E-state index is 0.166. The van der Waals surface area contributed by atoms with E-state index in [1.54, 1.807) is 42.3 Å². The molecule has 2 rings (SSSR count). The van der Waals surface area contributed by atoms with Crippen molar-refractivity contribution in [3.8, 4) is 11.5 Å². The molecule has 0 atom stereocenters. The lowest BCUT2D eigenvalue weighted by Gasteiger charge is -2.14. The summed E-state index contributed by atoms with van der Waals surface area (Å²) in [5.74, 6) is 1.65. The Hall–Kier alpha value is -2.50. The van der Waals surface area contributed by atoms with E-state index >= 15 is 0 Å². The largest absolute Gasteiger partial charge is 0.493 e. The molecular formula is C18H25N3O3. The van der Waals surface area contributed by atoms with E-state index in [-0.39, 0.29) is 11.9 Å². The molecule has 0 fully saturated rings. The van der Waals surface area contributed by atoms with Crippen molar-refractivity contribution in [2.24, 2.45) is 0 Å². The summed E-state index contributed by atoms with van der Waals surface area (Å²) >= 11 is 0. The van der Waals surface area contributed by atoms with Crippen molar-refractivity contribution in [3.05, 3.63) is 36.0 Å². The Morgan fingerprint density at radius 3 is 2.75 bits per heavy atom. The number of nitrogens with zero attached hydrogens (tertiary/aromatic N) is 2. The van der Waals surface area contributed by atoms with Crippen molar-refractivity contribution in [1.29, 1.82) is 0 Å². The van der Waals surface area contributed by atoms with Gasteiger partial charge in [0.05, 0.1) is 19.9 Å². The van der Waals surface area contributed by atoms with E-state index in [0.717, 1.165) is 12.8 Å². The zero-order chi connectivity index (χ0) is 17.5. The van der Waals surface area contributed by atoms with E-state index in [9.17, 15) is 4.79 Å². The molecule has 0 bridgehead atoms. The van der Waals surface area contributed by atoms with Gasteiger partial charge in [0.25, 0.3) is 5.91 Å². The van der Waals surface area contributed by atoms with Gasteiger partial charge in [0, 0.05) is 17.7 Å². The highest BCUT2D eigenvalue weighted by molar-refractivity contribution is 6.04. The molecule has 0 radical (unpaired) electrons. The topological polar surface area (TPSA) is 65.4 Å². The molecule has 0 saturated heterocycles. The van der Waals surface area contributed by atoms with Gasteiger partial charge in [-0.15, -0.1) is 0 Å². The normalized spacial score (nSPS) is 10.7. The van der Waals surface area contributed by atoms with Gasteiger partial charge in [0.2, 0.25) is 0 Å². The molecule has 0 saturated carbocycles. The second kappa shape index (κ2) is 8.38. The Morgan fingerprint density at radius 1 is 1.29 bits per heavy atom. The van der Waals surface area contributed by atoms with Crippen LogP contribution in [0.2, 0.25) is 0 Å². The fourth-order valence-electron chi connectivity index (χ4n) is 2.27. The molecule has 0 aliphatic carbocycles. The van der Waals surface area contributed by atoms with Crippen LogP contribution >= 0.6 is 0 Å². The van der Waals surface area contributed by atoms with Crippen molar-refractivity contribution in [1.82, 2.24) is 9.78 Å². The first kappa shape index (κ1) is 17.8. The molecule has 1 heterocycles. The van der Waals surface area contributed by atoms with Gasteiger partial charge in [-0.2, -0.15) is 5.10 Å². The lowest BCUT2D eigenvalue weighted by molar-refractivity contribution is 0.102. The van der Waals surface area contributed by atoms with Gasteiger partial charge in [-0.1, -0.05) is 13.3 Å². The van der Waals surface area contributed by atoms with Crippen LogP contribution in [0.15, 0.2) is 30.5 Å². The number of hydrogen-bond donors (Lipinski definition) is 1. The van der Waals surface area contributed by atoms with E-state index in [2.05, 4.69) is 17.3 Å². The highest BCUT2D eigenvalue weighted by Gasteiger charge is 2.14. The summed E-state index contributed by atoms with van der Waals surface area (Å²) in [4.78, 5) is 12.5. The molecule has 1 aromatic carbocycles. The Morgan fingerprint density at radius 2 is 2.08 bits per heavy atom. The average Bonchev–Trinajstić information content (AvgIpc) is 3.03. The van der Waals surface area contributed by atoms with Crippen LogP contribution in [-0.4, -0.2) is 29.4 Å². The molecule has 0 aliphatic rings. The van der Waals surface area contributed by atoms with Crippen LogP contribution in [-0.2, 0) is 0 Å². The summed E-state index contributed by atoms with van der Waals surface area (Å²) in [5.41, 5.74) is 0.506. The van der Waals surface area contributed by atoms with Gasteiger partial charge in [0.1, 0.15) is 5.82 Å². The number of carbonyl (C=O) groups is 1. The number of methoxy groups -OCH3 is 1. The molecule has 130 valence electrons. The fraction of sp³-hybridized carbons (Fsp3) is 0.444. The molecule has 0 unspecified atom stereocenters. The lowest BCUT2D eigenvalue weighted by atomic mass is 10.2. The minimum Gasteiger partial charge on any atom is -0.493 e. The smallest absolute Gasteiger partial charge is 0.256 e. The van der Waals surface area contributed by atoms with Gasteiger partial charge in [-0.05, 0) is 38.5 Å². The van der Waals surface area contributed by atoms with E-state index < -0.39 is 0 Å². The first-order valence-corrected chi connectivity index (χ1v) is 8.22. The standard InChI is InChI=1S/C18H25N3O3/c1-5-6-11-24-15-8-7-14(12-16(15)23-4)18(22)20-17-9-10-19-21(17)13(2)3/h7-10,12-13H,5-6,11H2,1-4H3,(H,20,22). The number of benzene rings is 1. The van der Waals surface area contributed by atoms with Crippen LogP contribution in [0, 0.1) is 0 Å². The summed E-state index contributed by atoms with van der Waals surface area (Å²) < 4.78 is 12.8. The molecule has 24 heavy (non-hydrogen) atoms. The number of hydrogen-bond acceptors (Lipinski definition) is 4. The van der Waals surface area contributed by atoms with Gasteiger partial charge < -0.3 is 14.8 Å². The molecule has 0 spiro atoms. The molecule has 1 aromatic heterocycles. The average molecular weight is 331 g/mol. The maximum Gasteiger partial charge on any atom is 0.256 e. The number of ether oxygens (including phenoxy) is 2. The molecule has 1 amide bonds. The number of anilines is 1. The summed E-state index contributed by atoms with van der Waals surface area (Å²) in [6, 6.07) is 7.13. The molecule has 0 aliphatic heterocycles. The van der Waals surface area contributed by atoms with Crippen molar-refractivity contribution >= 4 is 11.7 Å². The van der Waals surface area contributed by atoms with Crippen molar-refractivity contribution < 1.29 is 14.3 Å². The molecule has 1 N–H and O–H groups in total. The van der Waals surface area contributed by atoms with Crippen LogP contribution in [0.1, 0.15) is 50.0 Å². The van der Waals surface area contributed by atoms with Gasteiger partial charge in [0.15, 0.2) is 11.5 Å². The Kier molecular flexibility index (Phi) is 6.23. The summed E-state index contributed by atoms with van der Waals surface area (Å²) in [6.45, 7) is 6.75. The number of nitrogens with one attached hydrogen (secondary N) is 1. The molecule has 6 nitrogen and oxygen atoms in total. The van der Waals surface area contributed by atoms with Gasteiger partial charge >= 0.3 is 0 Å². The van der Waals surface area contributed by atoms with Crippen molar-refractivity contribution in [3.63, 3.8) is 0 Å². The predicted octanol–water partition coefficient (Wildman–Crippen LogP) is 3.90. The SMILES string of the molecule is CCCCOc1ccc(C(=O)Nc2ccnn2C(C)C)cc1OC. The lowest BCUT2D eigenvalue weighted by Crippen LogP contribution is -2.16. The fourth-order valence-corrected chi connectivity index (χ4v) is 2.27. The summed E-state index contributed by atoms with van der Waals surface area (Å²) in [6.07, 6.45) is 3.71. The first-order valence-electron chi connectivity index (χ1n) is 8.22. The predicted molar refractivity (Wildman–Crippen MR) is 94.0 cm³/mol. The third-order valence-corrected chi connectivity index (χ3v) is 3.58. The molecule has 6 heteroatoms. The highest BCUT2D eigenvalue weighted by Crippen LogP contribution is 2.28. The van der Waals surface area contributed by atoms with Crippen LogP contribution in [0.4, 0.5) is 5.82 Å². The van der Waals surface area contributed by atoms with E-state index in [1.165, 1.54) is 0 Å². The zero-order valence-corrected chi connectivity index (χ0v) is 14.7. The maximum absolute atomic E-state index is 12.5. The Labute approximate surface area is 142 Å². The van der Waals surface area contributed by atoms with E-state index in [0.29, 0.717) is 29.5 Å². The zero-order valence-electron chi connectivity index (χ0n) is 14.7. The summed E-state index contributed by atoms with van der Waals surface area (Å²) in [5, 5.41) is 7.09. The van der Waals surface area contributed by atoms with Crippen LogP contribution in [0.5, 0.6) is 11.5 Å². The Balaban J connectivity index is 2.13. The molecule has 2 aromatic rings. The van der Waals surface area contributed by atoms with E-state index in [4.69, 9.17) is 9.47 Å². The third kappa shape index (κ3) is 4.28. The van der Waals surface area contributed by atoms with E-state index in [1.807, 2.05) is 13.8 Å². The van der Waals surface area contributed by atoms with Crippen LogP contribution in [0.25, 0.3) is 0 Å². The minimum atomic E-state index is -0.212. The Bertz CT molecular complexity index is 680. The first-order chi connectivity index (χ1) is 11.6. The number of unbranched alkanes of at least 4 members (excludes halogenated alkanes) is 1. The monoisotopic (exact) mass is 331 g/mol. The van der Waals surface area contributed by atoms with Gasteiger partial charge in [-0.3, -0.25) is 4.79 Å². The number of carbonyl (C=O) groups excluding carboxylic acids is 1.